The Labute approximate surface area is 159 Å². The summed E-state index contributed by atoms with van der Waals surface area (Å²) < 4.78 is 33.0. The van der Waals surface area contributed by atoms with Gasteiger partial charge in [-0.3, -0.25) is 4.79 Å². The summed E-state index contributed by atoms with van der Waals surface area (Å²) in [6, 6.07) is 6.96. The van der Waals surface area contributed by atoms with Crippen LogP contribution in [0, 0.1) is 5.92 Å². The summed E-state index contributed by atoms with van der Waals surface area (Å²) in [5, 5.41) is 2.83. The lowest BCUT2D eigenvalue weighted by molar-refractivity contribution is -0.122. The van der Waals surface area contributed by atoms with Gasteiger partial charge < -0.3 is 9.73 Å². The van der Waals surface area contributed by atoms with Gasteiger partial charge in [-0.25, -0.2) is 8.42 Å². The average molecular weight is 447 g/mol. The number of nitrogens with one attached hydrogen (secondary N) is 1. The monoisotopic (exact) mass is 446 g/mol. The predicted octanol–water partition coefficient (Wildman–Crippen LogP) is 3.21. The van der Waals surface area contributed by atoms with Crippen molar-refractivity contribution >= 4 is 43.2 Å². The lowest BCUT2D eigenvalue weighted by Gasteiger charge is -2.30. The van der Waals surface area contributed by atoms with Crippen LogP contribution in [0.1, 0.15) is 25.0 Å². The van der Waals surface area contributed by atoms with E-state index in [2.05, 4.69) is 21.2 Å². The SMILES string of the molecule is O=C(CC1CCN(S(=O)(=O)c2ccc(Br)s2)CC1)NCc1ccco1. The third-order valence-electron chi connectivity index (χ3n) is 4.23. The summed E-state index contributed by atoms with van der Waals surface area (Å²) in [4.78, 5) is 12.0. The van der Waals surface area contributed by atoms with Crippen molar-refractivity contribution in [2.45, 2.75) is 30.0 Å². The first-order chi connectivity index (χ1) is 11.9. The summed E-state index contributed by atoms with van der Waals surface area (Å²) in [5.74, 6) is 0.898. The Morgan fingerprint density at radius 1 is 1.32 bits per heavy atom. The van der Waals surface area contributed by atoms with Crippen molar-refractivity contribution < 1.29 is 17.6 Å². The van der Waals surface area contributed by atoms with Crippen LogP contribution in [-0.4, -0.2) is 31.7 Å². The van der Waals surface area contributed by atoms with Gasteiger partial charge in [-0.15, -0.1) is 11.3 Å². The first-order valence-corrected chi connectivity index (χ1v) is 11.0. The molecule has 25 heavy (non-hydrogen) atoms. The van der Waals surface area contributed by atoms with Crippen LogP contribution in [0.5, 0.6) is 0 Å². The maximum atomic E-state index is 12.6. The van der Waals surface area contributed by atoms with Crippen LogP contribution < -0.4 is 5.32 Å². The van der Waals surface area contributed by atoms with E-state index in [1.54, 1.807) is 24.5 Å². The Morgan fingerprint density at radius 2 is 2.08 bits per heavy atom. The molecule has 0 bridgehead atoms. The minimum Gasteiger partial charge on any atom is -0.467 e. The molecule has 0 aromatic carbocycles. The second-order valence-corrected chi connectivity index (χ2v) is 10.6. The Balaban J connectivity index is 1.47. The Bertz CT molecular complexity index is 809. The number of hydrogen-bond acceptors (Lipinski definition) is 5. The van der Waals surface area contributed by atoms with E-state index < -0.39 is 10.0 Å². The fourth-order valence-electron chi connectivity index (χ4n) is 2.85. The molecule has 6 nitrogen and oxygen atoms in total. The molecule has 1 N–H and O–H groups in total. The molecular formula is C16H19BrN2O4S2. The summed E-state index contributed by atoms with van der Waals surface area (Å²) in [7, 11) is -3.42. The van der Waals surface area contributed by atoms with Gasteiger partial charge in [0.05, 0.1) is 16.6 Å². The predicted molar refractivity (Wildman–Crippen MR) is 98.7 cm³/mol. The average Bonchev–Trinajstić information content (AvgIpc) is 3.25. The Kier molecular flexibility index (Phi) is 5.98. The molecule has 1 saturated heterocycles. The number of amides is 1. The number of rotatable bonds is 6. The fraction of sp³-hybridized carbons (Fsp3) is 0.438. The maximum absolute atomic E-state index is 12.6. The molecule has 136 valence electrons. The smallest absolute Gasteiger partial charge is 0.252 e. The number of hydrogen-bond donors (Lipinski definition) is 1. The van der Waals surface area contributed by atoms with Crippen molar-refractivity contribution in [2.24, 2.45) is 5.92 Å². The van der Waals surface area contributed by atoms with Crippen LogP contribution in [0.3, 0.4) is 0 Å². The van der Waals surface area contributed by atoms with Gasteiger partial charge in [-0.05, 0) is 59.0 Å². The molecule has 9 heteroatoms. The number of halogens is 1. The molecule has 0 unspecified atom stereocenters. The first-order valence-electron chi connectivity index (χ1n) is 8.00. The minimum atomic E-state index is -3.42. The summed E-state index contributed by atoms with van der Waals surface area (Å²) in [6.45, 7) is 1.29. The van der Waals surface area contributed by atoms with E-state index in [-0.39, 0.29) is 11.8 Å². The van der Waals surface area contributed by atoms with Crippen molar-refractivity contribution in [3.8, 4) is 0 Å². The maximum Gasteiger partial charge on any atom is 0.252 e. The molecule has 2 aromatic rings. The Hall–Kier alpha value is -1.16. The van der Waals surface area contributed by atoms with Gasteiger partial charge in [0.25, 0.3) is 10.0 Å². The first kappa shape index (κ1) is 18.6. The molecule has 0 spiro atoms. The number of thiophene rings is 1. The second-order valence-electron chi connectivity index (χ2n) is 5.97. The highest BCUT2D eigenvalue weighted by atomic mass is 79.9. The van der Waals surface area contributed by atoms with Crippen molar-refractivity contribution in [2.75, 3.05) is 13.1 Å². The van der Waals surface area contributed by atoms with E-state index in [0.29, 0.717) is 43.1 Å². The van der Waals surface area contributed by atoms with Gasteiger partial charge in [0.2, 0.25) is 5.91 Å². The van der Waals surface area contributed by atoms with E-state index in [9.17, 15) is 13.2 Å². The molecule has 0 radical (unpaired) electrons. The molecule has 0 atom stereocenters. The minimum absolute atomic E-state index is 0.0279. The number of piperidine rings is 1. The zero-order valence-electron chi connectivity index (χ0n) is 13.5. The zero-order chi connectivity index (χ0) is 17.9. The number of sulfonamides is 1. The van der Waals surface area contributed by atoms with Crippen LogP contribution in [0.2, 0.25) is 0 Å². The number of carbonyl (C=O) groups is 1. The van der Waals surface area contributed by atoms with Crippen molar-refractivity contribution in [3.63, 3.8) is 0 Å². The van der Waals surface area contributed by atoms with E-state index in [0.717, 1.165) is 9.55 Å². The molecule has 1 fully saturated rings. The molecule has 0 aliphatic carbocycles. The third-order valence-corrected chi connectivity index (χ3v) is 8.22. The highest BCUT2D eigenvalue weighted by Crippen LogP contribution is 2.31. The summed E-state index contributed by atoms with van der Waals surface area (Å²) >= 11 is 4.52. The lowest BCUT2D eigenvalue weighted by Crippen LogP contribution is -2.39. The van der Waals surface area contributed by atoms with Crippen LogP contribution in [0.4, 0.5) is 0 Å². The lowest BCUT2D eigenvalue weighted by atomic mass is 9.94. The van der Waals surface area contributed by atoms with Crippen LogP contribution >= 0.6 is 27.3 Å². The van der Waals surface area contributed by atoms with Crippen LogP contribution in [0.25, 0.3) is 0 Å². The van der Waals surface area contributed by atoms with Gasteiger partial charge in [0.15, 0.2) is 0 Å². The number of furan rings is 1. The van der Waals surface area contributed by atoms with E-state index in [4.69, 9.17) is 4.42 Å². The summed E-state index contributed by atoms with van der Waals surface area (Å²) in [6.07, 6.45) is 3.38. The highest BCUT2D eigenvalue weighted by molar-refractivity contribution is 9.11. The third kappa shape index (κ3) is 4.72. The van der Waals surface area contributed by atoms with Crippen molar-refractivity contribution in [1.82, 2.24) is 9.62 Å². The van der Waals surface area contributed by atoms with E-state index in [1.807, 2.05) is 6.07 Å². The van der Waals surface area contributed by atoms with Gasteiger partial charge in [-0.2, -0.15) is 4.31 Å². The molecular weight excluding hydrogens is 428 g/mol. The van der Waals surface area contributed by atoms with E-state index >= 15 is 0 Å². The topological polar surface area (TPSA) is 79.6 Å². The molecule has 3 rings (SSSR count). The number of carbonyl (C=O) groups excluding carboxylic acids is 1. The largest absolute Gasteiger partial charge is 0.467 e. The van der Waals surface area contributed by atoms with Gasteiger partial charge in [-0.1, -0.05) is 0 Å². The van der Waals surface area contributed by atoms with Crippen LogP contribution in [-0.2, 0) is 21.4 Å². The standard InChI is InChI=1S/C16H19BrN2O4S2/c17-14-3-4-16(24-14)25(21,22)19-7-5-12(6-8-19)10-15(20)18-11-13-2-1-9-23-13/h1-4,9,12H,5-8,10-11H2,(H,18,20). The normalized spacial score (nSPS) is 16.8. The van der Waals surface area contributed by atoms with Gasteiger partial charge >= 0.3 is 0 Å². The molecule has 0 saturated carbocycles. The van der Waals surface area contributed by atoms with Crippen molar-refractivity contribution in [1.29, 1.82) is 0 Å². The Morgan fingerprint density at radius 3 is 2.68 bits per heavy atom. The molecule has 1 amide bonds. The molecule has 1 aliphatic heterocycles. The molecule has 1 aliphatic rings. The van der Waals surface area contributed by atoms with Gasteiger partial charge in [0, 0.05) is 19.5 Å². The van der Waals surface area contributed by atoms with Gasteiger partial charge in [0.1, 0.15) is 9.97 Å². The van der Waals surface area contributed by atoms with Crippen molar-refractivity contribution in [3.05, 3.63) is 40.1 Å². The zero-order valence-corrected chi connectivity index (χ0v) is 16.7. The molecule has 3 heterocycles. The second kappa shape index (κ2) is 8.03. The summed E-state index contributed by atoms with van der Waals surface area (Å²) in [5.41, 5.74) is 0. The van der Waals surface area contributed by atoms with E-state index in [1.165, 1.54) is 15.6 Å². The highest BCUT2D eigenvalue weighted by Gasteiger charge is 2.31. The molecule has 2 aromatic heterocycles. The quantitative estimate of drug-likeness (QED) is 0.738. The fourth-order valence-corrected chi connectivity index (χ4v) is 6.48. The van der Waals surface area contributed by atoms with Crippen LogP contribution in [0.15, 0.2) is 42.9 Å². The number of nitrogens with zero attached hydrogens (tertiary/aromatic N) is 1.